The van der Waals surface area contributed by atoms with Crippen LogP contribution in [0.25, 0.3) is 0 Å². The largest absolute Gasteiger partial charge is 0.464 e. The number of carbonyl (C=O) groups excluding carboxylic acids is 3. The Morgan fingerprint density at radius 3 is 2.82 bits per heavy atom. The van der Waals surface area contributed by atoms with E-state index < -0.39 is 11.9 Å². The van der Waals surface area contributed by atoms with Gasteiger partial charge in [0.25, 0.3) is 0 Å². The summed E-state index contributed by atoms with van der Waals surface area (Å²) in [5.74, 6) is -1.19. The zero-order chi connectivity index (χ0) is 20.0. The maximum Gasteiger partial charge on any atom is 0.358 e. The molecule has 8 heteroatoms. The van der Waals surface area contributed by atoms with E-state index in [-0.39, 0.29) is 23.9 Å². The number of nitrogens with one attached hydrogen (secondary N) is 1. The molecular formula is C20H22N4O4. The molecule has 2 aromatic rings. The summed E-state index contributed by atoms with van der Waals surface area (Å²) >= 11 is 0. The fourth-order valence-electron chi connectivity index (χ4n) is 3.83. The first-order chi connectivity index (χ1) is 13.4. The number of ether oxygens (including phenoxy) is 1. The van der Waals surface area contributed by atoms with Crippen LogP contribution in [0.5, 0.6) is 0 Å². The van der Waals surface area contributed by atoms with E-state index in [0.29, 0.717) is 19.6 Å². The number of rotatable bonds is 3. The standard InChI is InChI=1S/C20H22N4O4/c1-11-4-5-14-15(19(26)21-18(14)12(11)2)9-17(25)23-6-7-24-13(10-23)8-16(22-24)20(27)28-3/h4-5,8,15H,6-7,9-10H2,1-3H3,(H,21,26)/t15-/m1/s1. The molecule has 3 heterocycles. The van der Waals surface area contributed by atoms with Crippen molar-refractivity contribution in [1.82, 2.24) is 14.7 Å². The van der Waals surface area contributed by atoms with Crippen molar-refractivity contribution in [2.45, 2.75) is 39.3 Å². The smallest absolute Gasteiger partial charge is 0.358 e. The molecule has 0 fully saturated rings. The van der Waals surface area contributed by atoms with E-state index in [1.165, 1.54) is 7.11 Å². The number of fused-ring (bicyclic) bond motifs is 2. The fraction of sp³-hybridized carbons (Fsp3) is 0.400. The Morgan fingerprint density at radius 1 is 1.29 bits per heavy atom. The molecule has 0 radical (unpaired) electrons. The lowest BCUT2D eigenvalue weighted by Crippen LogP contribution is -2.39. The van der Waals surface area contributed by atoms with Crippen LogP contribution in [-0.4, -0.2) is 46.1 Å². The predicted octanol–water partition coefficient (Wildman–Crippen LogP) is 1.75. The molecule has 0 bridgehead atoms. The molecular weight excluding hydrogens is 360 g/mol. The minimum atomic E-state index is -0.496. The summed E-state index contributed by atoms with van der Waals surface area (Å²) < 4.78 is 6.42. The van der Waals surface area contributed by atoms with Gasteiger partial charge in [-0.2, -0.15) is 5.10 Å². The third-order valence-corrected chi connectivity index (χ3v) is 5.63. The molecule has 0 saturated carbocycles. The van der Waals surface area contributed by atoms with E-state index >= 15 is 0 Å². The van der Waals surface area contributed by atoms with Crippen molar-refractivity contribution < 1.29 is 19.1 Å². The highest BCUT2D eigenvalue weighted by molar-refractivity contribution is 6.05. The second kappa shape index (κ2) is 6.78. The monoisotopic (exact) mass is 382 g/mol. The Balaban J connectivity index is 1.50. The summed E-state index contributed by atoms with van der Waals surface area (Å²) in [5.41, 5.74) is 4.89. The number of hydrogen-bond acceptors (Lipinski definition) is 5. The Hall–Kier alpha value is -3.16. The Labute approximate surface area is 162 Å². The van der Waals surface area contributed by atoms with Crippen molar-refractivity contribution in [3.05, 3.63) is 46.3 Å². The number of aryl methyl sites for hydroxylation is 1. The van der Waals surface area contributed by atoms with E-state index in [0.717, 1.165) is 28.1 Å². The van der Waals surface area contributed by atoms with Gasteiger partial charge in [-0.25, -0.2) is 4.79 Å². The summed E-state index contributed by atoms with van der Waals surface area (Å²) in [6.07, 6.45) is 0.124. The number of nitrogens with zero attached hydrogens (tertiary/aromatic N) is 3. The van der Waals surface area contributed by atoms with E-state index in [2.05, 4.69) is 10.4 Å². The zero-order valence-corrected chi connectivity index (χ0v) is 16.1. The highest BCUT2D eigenvalue weighted by Crippen LogP contribution is 2.38. The number of aromatic nitrogens is 2. The number of hydrogen-bond donors (Lipinski definition) is 1. The first-order valence-electron chi connectivity index (χ1n) is 9.22. The third-order valence-electron chi connectivity index (χ3n) is 5.63. The van der Waals surface area contributed by atoms with Crippen LogP contribution in [0.4, 0.5) is 5.69 Å². The van der Waals surface area contributed by atoms with Crippen molar-refractivity contribution in [2.24, 2.45) is 0 Å². The zero-order valence-electron chi connectivity index (χ0n) is 16.1. The first-order valence-corrected chi connectivity index (χ1v) is 9.22. The van der Waals surface area contributed by atoms with E-state index in [1.54, 1.807) is 15.6 Å². The lowest BCUT2D eigenvalue weighted by molar-refractivity contribution is -0.134. The molecule has 4 rings (SSSR count). The van der Waals surface area contributed by atoms with Gasteiger partial charge in [0, 0.05) is 18.7 Å². The first kappa shape index (κ1) is 18.2. The Bertz CT molecular complexity index is 994. The quantitative estimate of drug-likeness (QED) is 0.817. The number of methoxy groups -OCH3 is 1. The fourth-order valence-corrected chi connectivity index (χ4v) is 3.83. The predicted molar refractivity (Wildman–Crippen MR) is 101 cm³/mol. The highest BCUT2D eigenvalue weighted by atomic mass is 16.5. The molecule has 2 amide bonds. The molecule has 146 valence electrons. The van der Waals surface area contributed by atoms with Gasteiger partial charge in [-0.1, -0.05) is 12.1 Å². The maximum absolute atomic E-state index is 12.9. The number of benzene rings is 1. The van der Waals surface area contributed by atoms with Crippen LogP contribution in [0.3, 0.4) is 0 Å². The Kier molecular flexibility index (Phi) is 4.41. The average Bonchev–Trinajstić information content (AvgIpc) is 3.25. The molecule has 1 aromatic heterocycles. The molecule has 0 aliphatic carbocycles. The van der Waals surface area contributed by atoms with Crippen molar-refractivity contribution >= 4 is 23.5 Å². The van der Waals surface area contributed by atoms with Gasteiger partial charge in [-0.3, -0.25) is 14.3 Å². The second-order valence-corrected chi connectivity index (χ2v) is 7.27. The minimum absolute atomic E-state index is 0.0849. The van der Waals surface area contributed by atoms with Crippen molar-refractivity contribution in [3.63, 3.8) is 0 Å². The van der Waals surface area contributed by atoms with Gasteiger partial charge in [-0.05, 0) is 36.6 Å². The van der Waals surface area contributed by atoms with Gasteiger partial charge in [-0.15, -0.1) is 0 Å². The summed E-state index contributed by atoms with van der Waals surface area (Å²) in [5, 5.41) is 7.15. The second-order valence-electron chi connectivity index (χ2n) is 7.27. The van der Waals surface area contributed by atoms with Gasteiger partial charge in [0.05, 0.1) is 31.8 Å². The van der Waals surface area contributed by atoms with Crippen molar-refractivity contribution in [2.75, 3.05) is 19.0 Å². The number of amides is 2. The van der Waals surface area contributed by atoms with Gasteiger partial charge in [0.15, 0.2) is 5.69 Å². The normalized spacial score (nSPS) is 17.8. The molecule has 0 unspecified atom stereocenters. The highest BCUT2D eigenvalue weighted by Gasteiger charge is 2.35. The Morgan fingerprint density at radius 2 is 2.07 bits per heavy atom. The summed E-state index contributed by atoms with van der Waals surface area (Å²) in [4.78, 5) is 38.7. The van der Waals surface area contributed by atoms with E-state index in [4.69, 9.17) is 4.74 Å². The number of anilines is 1. The van der Waals surface area contributed by atoms with Crippen LogP contribution in [0, 0.1) is 13.8 Å². The lowest BCUT2D eigenvalue weighted by Gasteiger charge is -2.28. The molecule has 1 aromatic carbocycles. The lowest BCUT2D eigenvalue weighted by atomic mass is 9.93. The summed E-state index contributed by atoms with van der Waals surface area (Å²) in [6.45, 7) is 5.33. The van der Waals surface area contributed by atoms with Gasteiger partial charge >= 0.3 is 5.97 Å². The molecule has 28 heavy (non-hydrogen) atoms. The van der Waals surface area contributed by atoms with E-state index in [1.807, 2.05) is 26.0 Å². The summed E-state index contributed by atoms with van der Waals surface area (Å²) in [7, 11) is 1.31. The van der Waals surface area contributed by atoms with Crippen molar-refractivity contribution in [1.29, 1.82) is 0 Å². The molecule has 0 saturated heterocycles. The average molecular weight is 382 g/mol. The molecule has 0 spiro atoms. The van der Waals surface area contributed by atoms with Crippen LogP contribution < -0.4 is 5.32 Å². The van der Waals surface area contributed by atoms with Crippen LogP contribution in [0.15, 0.2) is 18.2 Å². The van der Waals surface area contributed by atoms with Crippen LogP contribution >= 0.6 is 0 Å². The van der Waals surface area contributed by atoms with Crippen molar-refractivity contribution in [3.8, 4) is 0 Å². The van der Waals surface area contributed by atoms with Gasteiger partial charge < -0.3 is 15.0 Å². The topological polar surface area (TPSA) is 93.5 Å². The number of carbonyl (C=O) groups is 3. The molecule has 2 aliphatic heterocycles. The molecule has 8 nitrogen and oxygen atoms in total. The van der Waals surface area contributed by atoms with Crippen LogP contribution in [-0.2, 0) is 27.4 Å². The summed E-state index contributed by atoms with van der Waals surface area (Å²) in [6, 6.07) is 5.57. The minimum Gasteiger partial charge on any atom is -0.464 e. The molecule has 2 aliphatic rings. The molecule has 1 N–H and O–H groups in total. The third kappa shape index (κ3) is 2.94. The maximum atomic E-state index is 12.9. The van der Waals surface area contributed by atoms with Crippen LogP contribution in [0.1, 0.15) is 45.2 Å². The van der Waals surface area contributed by atoms with E-state index in [9.17, 15) is 14.4 Å². The van der Waals surface area contributed by atoms with Gasteiger partial charge in [0.1, 0.15) is 0 Å². The van der Waals surface area contributed by atoms with Crippen LogP contribution in [0.2, 0.25) is 0 Å². The molecule has 1 atom stereocenters. The van der Waals surface area contributed by atoms with Gasteiger partial charge in [0.2, 0.25) is 11.8 Å². The SMILES string of the molecule is COC(=O)c1cc2n(n1)CCN(C(=O)C[C@H]1C(=O)Nc3c1ccc(C)c3C)C2. The number of esters is 1.